The van der Waals surface area contributed by atoms with Crippen LogP contribution < -0.4 is 15.8 Å². The summed E-state index contributed by atoms with van der Waals surface area (Å²) in [5.41, 5.74) is 8.21. The van der Waals surface area contributed by atoms with Crippen LogP contribution >= 0.6 is 0 Å². The number of anilines is 3. The lowest BCUT2D eigenvalue weighted by Gasteiger charge is -2.08. The fourth-order valence-electron chi connectivity index (χ4n) is 2.36. The van der Waals surface area contributed by atoms with Crippen molar-refractivity contribution in [2.24, 2.45) is 0 Å². The third-order valence-corrected chi connectivity index (χ3v) is 3.60. The van der Waals surface area contributed by atoms with Gasteiger partial charge >= 0.3 is 0 Å². The van der Waals surface area contributed by atoms with E-state index in [-0.39, 0.29) is 24.3 Å². The molecular formula is C18H19N5O3. The number of nitrogens with two attached hydrogens (primary N) is 1. The van der Waals surface area contributed by atoms with E-state index in [0.717, 1.165) is 10.2 Å². The van der Waals surface area contributed by atoms with E-state index in [4.69, 9.17) is 15.2 Å². The molecule has 134 valence electrons. The van der Waals surface area contributed by atoms with Crippen LogP contribution in [0.2, 0.25) is 0 Å². The smallest absolute Gasteiger partial charge is 0.281 e. The number of hydrogen-bond donors (Lipinski definition) is 2. The first-order chi connectivity index (χ1) is 12.6. The Morgan fingerprint density at radius 2 is 2.04 bits per heavy atom. The molecule has 0 bridgehead atoms. The molecule has 3 rings (SSSR count). The Morgan fingerprint density at radius 3 is 2.81 bits per heavy atom. The number of rotatable bonds is 6. The van der Waals surface area contributed by atoms with Crippen LogP contribution in [0.4, 0.5) is 17.3 Å². The fraction of sp³-hybridized carbons (Fsp3) is 0.167. The van der Waals surface area contributed by atoms with Gasteiger partial charge in [-0.1, -0.05) is 29.0 Å². The van der Waals surface area contributed by atoms with E-state index in [1.807, 2.05) is 25.1 Å². The molecule has 0 fully saturated rings. The highest BCUT2D eigenvalue weighted by atomic mass is 16.7. The number of aromatic nitrogens is 3. The van der Waals surface area contributed by atoms with Crippen LogP contribution in [0.1, 0.15) is 15.9 Å². The molecule has 26 heavy (non-hydrogen) atoms. The lowest BCUT2D eigenvalue weighted by Crippen LogP contribution is -2.16. The lowest BCUT2D eigenvalue weighted by atomic mass is 10.1. The Morgan fingerprint density at radius 1 is 1.23 bits per heavy atom. The fourth-order valence-corrected chi connectivity index (χ4v) is 2.36. The first-order valence-electron chi connectivity index (χ1n) is 7.90. The van der Waals surface area contributed by atoms with Crippen molar-refractivity contribution in [3.05, 3.63) is 59.7 Å². The van der Waals surface area contributed by atoms with Crippen molar-refractivity contribution in [3.8, 4) is 5.75 Å². The molecule has 0 unspecified atom stereocenters. The number of ether oxygens (including phenoxy) is 2. The van der Waals surface area contributed by atoms with Gasteiger partial charge in [-0.3, -0.25) is 4.79 Å². The highest BCUT2D eigenvalue weighted by Gasteiger charge is 2.17. The summed E-state index contributed by atoms with van der Waals surface area (Å²) in [6.07, 6.45) is 0. The number of hydrogen-bond acceptors (Lipinski definition) is 7. The third-order valence-electron chi connectivity index (χ3n) is 3.60. The molecule has 1 aromatic heterocycles. The monoisotopic (exact) mass is 353 g/mol. The molecule has 3 aromatic rings. The van der Waals surface area contributed by atoms with Gasteiger partial charge in [0.05, 0.1) is 0 Å². The molecule has 0 amide bonds. The Labute approximate surface area is 150 Å². The number of methoxy groups -OCH3 is 1. The topological polar surface area (TPSA) is 104 Å². The predicted octanol–water partition coefficient (Wildman–Crippen LogP) is 2.58. The quantitative estimate of drug-likeness (QED) is 0.656. The van der Waals surface area contributed by atoms with E-state index in [1.54, 1.807) is 37.4 Å². The summed E-state index contributed by atoms with van der Waals surface area (Å²) in [7, 11) is 1.55. The number of benzene rings is 2. The van der Waals surface area contributed by atoms with Crippen molar-refractivity contribution in [1.82, 2.24) is 15.0 Å². The number of nitrogens with zero attached hydrogens (tertiary/aromatic N) is 3. The van der Waals surface area contributed by atoms with Crippen LogP contribution in [0.15, 0.2) is 48.5 Å². The predicted molar refractivity (Wildman–Crippen MR) is 97.6 cm³/mol. The summed E-state index contributed by atoms with van der Waals surface area (Å²) < 4.78 is 11.3. The van der Waals surface area contributed by atoms with Gasteiger partial charge in [-0.15, -0.1) is 5.10 Å². The summed E-state index contributed by atoms with van der Waals surface area (Å²) in [6, 6.07) is 14.4. The SMILES string of the molecule is COCOc1cccc(Nc2nnn(C(=O)c3cccc(C)c3)c2N)c1. The van der Waals surface area contributed by atoms with Crippen LogP contribution in [0.5, 0.6) is 5.75 Å². The van der Waals surface area contributed by atoms with Gasteiger partial charge in [0.1, 0.15) is 5.75 Å². The first-order valence-corrected chi connectivity index (χ1v) is 7.90. The van der Waals surface area contributed by atoms with Gasteiger partial charge in [0.25, 0.3) is 5.91 Å². The molecule has 8 heteroatoms. The Kier molecular flexibility index (Phi) is 5.14. The summed E-state index contributed by atoms with van der Waals surface area (Å²) in [4.78, 5) is 12.6. The zero-order valence-electron chi connectivity index (χ0n) is 14.5. The minimum Gasteiger partial charge on any atom is -0.467 e. The molecule has 0 atom stereocenters. The van der Waals surface area contributed by atoms with Crippen molar-refractivity contribution in [3.63, 3.8) is 0 Å². The molecular weight excluding hydrogens is 334 g/mol. The van der Waals surface area contributed by atoms with Crippen molar-refractivity contribution in [2.45, 2.75) is 6.92 Å². The maximum atomic E-state index is 12.6. The van der Waals surface area contributed by atoms with Gasteiger partial charge in [0, 0.05) is 24.4 Å². The average Bonchev–Trinajstić information content (AvgIpc) is 3.00. The summed E-state index contributed by atoms with van der Waals surface area (Å²) in [6.45, 7) is 2.06. The van der Waals surface area contributed by atoms with E-state index >= 15 is 0 Å². The van der Waals surface area contributed by atoms with Crippen LogP contribution in [0.25, 0.3) is 0 Å². The summed E-state index contributed by atoms with van der Waals surface area (Å²) >= 11 is 0. The normalized spacial score (nSPS) is 10.5. The number of nitrogens with one attached hydrogen (secondary N) is 1. The molecule has 8 nitrogen and oxygen atoms in total. The molecule has 0 aliphatic carbocycles. The van der Waals surface area contributed by atoms with E-state index in [9.17, 15) is 4.79 Å². The van der Waals surface area contributed by atoms with E-state index in [1.165, 1.54) is 0 Å². The Bertz CT molecular complexity index is 923. The van der Waals surface area contributed by atoms with Crippen molar-refractivity contribution < 1.29 is 14.3 Å². The zero-order chi connectivity index (χ0) is 18.5. The molecule has 2 aromatic carbocycles. The van der Waals surface area contributed by atoms with Crippen LogP contribution in [0, 0.1) is 6.92 Å². The maximum Gasteiger partial charge on any atom is 0.281 e. The minimum absolute atomic E-state index is 0.125. The lowest BCUT2D eigenvalue weighted by molar-refractivity contribution is 0.0512. The average molecular weight is 353 g/mol. The molecule has 0 aliphatic rings. The number of carbonyl (C=O) groups excluding carboxylic acids is 1. The molecule has 0 saturated heterocycles. The summed E-state index contributed by atoms with van der Waals surface area (Å²) in [5, 5.41) is 10.9. The second kappa shape index (κ2) is 7.66. The van der Waals surface area contributed by atoms with Gasteiger partial charge in [-0.2, -0.15) is 4.68 Å². The third kappa shape index (κ3) is 3.81. The van der Waals surface area contributed by atoms with Gasteiger partial charge in [0.15, 0.2) is 18.4 Å². The van der Waals surface area contributed by atoms with Gasteiger partial charge < -0.3 is 20.5 Å². The molecule has 1 heterocycles. The highest BCUT2D eigenvalue weighted by Crippen LogP contribution is 2.24. The second-order valence-corrected chi connectivity index (χ2v) is 5.61. The van der Waals surface area contributed by atoms with Gasteiger partial charge in [0.2, 0.25) is 0 Å². The van der Waals surface area contributed by atoms with Gasteiger partial charge in [-0.05, 0) is 31.2 Å². The number of nitrogen functional groups attached to an aromatic ring is 1. The maximum absolute atomic E-state index is 12.6. The zero-order valence-corrected chi connectivity index (χ0v) is 14.5. The van der Waals surface area contributed by atoms with Crippen LogP contribution in [-0.4, -0.2) is 34.8 Å². The molecule has 0 aliphatic heterocycles. The Balaban J connectivity index is 1.80. The standard InChI is InChI=1S/C18H19N5O3/c1-12-5-3-6-13(9-12)18(24)23-16(19)17(21-22-23)20-14-7-4-8-15(10-14)26-11-25-2/h3-10,20H,11,19H2,1-2H3. The highest BCUT2D eigenvalue weighted by molar-refractivity contribution is 5.98. The molecule has 0 spiro atoms. The van der Waals surface area contributed by atoms with Crippen LogP contribution in [0.3, 0.4) is 0 Å². The molecule has 0 saturated carbocycles. The molecule has 0 radical (unpaired) electrons. The van der Waals surface area contributed by atoms with E-state index < -0.39 is 0 Å². The Hall–Kier alpha value is -3.39. The largest absolute Gasteiger partial charge is 0.467 e. The van der Waals surface area contributed by atoms with E-state index in [2.05, 4.69) is 15.6 Å². The molecule has 3 N–H and O–H groups in total. The van der Waals surface area contributed by atoms with Crippen molar-refractivity contribution in [1.29, 1.82) is 0 Å². The van der Waals surface area contributed by atoms with E-state index in [0.29, 0.717) is 17.0 Å². The van der Waals surface area contributed by atoms with Crippen molar-refractivity contribution in [2.75, 3.05) is 25.0 Å². The first kappa shape index (κ1) is 17.4. The second-order valence-electron chi connectivity index (χ2n) is 5.61. The van der Waals surface area contributed by atoms with Crippen LogP contribution in [-0.2, 0) is 4.74 Å². The number of carbonyl (C=O) groups is 1. The summed E-state index contributed by atoms with van der Waals surface area (Å²) in [5.74, 6) is 0.692. The minimum atomic E-state index is -0.344. The number of aryl methyl sites for hydroxylation is 1. The van der Waals surface area contributed by atoms with Crippen molar-refractivity contribution >= 4 is 23.2 Å². The van der Waals surface area contributed by atoms with Gasteiger partial charge in [-0.25, -0.2) is 0 Å².